The first-order valence-electron chi connectivity index (χ1n) is 11.0. The van der Waals surface area contributed by atoms with Gasteiger partial charge >= 0.3 is 0 Å². The van der Waals surface area contributed by atoms with E-state index in [1.807, 2.05) is 38.1 Å². The molecule has 1 heterocycles. The monoisotopic (exact) mass is 409 g/mol. The number of hydrogen-bond donors (Lipinski definition) is 0. The fourth-order valence-corrected chi connectivity index (χ4v) is 6.20. The van der Waals surface area contributed by atoms with Gasteiger partial charge in [-0.25, -0.2) is 4.68 Å². The van der Waals surface area contributed by atoms with E-state index in [4.69, 9.17) is 5.10 Å². The van der Waals surface area contributed by atoms with E-state index in [-0.39, 0.29) is 17.1 Å². The van der Waals surface area contributed by atoms with E-state index < -0.39 is 11.3 Å². The van der Waals surface area contributed by atoms with Gasteiger partial charge in [0.2, 0.25) is 0 Å². The summed E-state index contributed by atoms with van der Waals surface area (Å²) in [7, 11) is 0. The number of Topliss-reactive ketones (excluding diaryl/α,β-unsaturated/α-hetero) is 1. The number of rotatable bonds is 2. The average molecular weight is 410 g/mol. The van der Waals surface area contributed by atoms with Crippen LogP contribution in [0.1, 0.15) is 44.9 Å². The Balaban J connectivity index is 1.77. The van der Waals surface area contributed by atoms with E-state index in [0.717, 1.165) is 35.5 Å². The van der Waals surface area contributed by atoms with Crippen molar-refractivity contribution >= 4 is 5.78 Å². The molecule has 31 heavy (non-hydrogen) atoms. The van der Waals surface area contributed by atoms with E-state index in [1.54, 1.807) is 0 Å². The van der Waals surface area contributed by atoms with E-state index in [2.05, 4.69) is 54.1 Å². The van der Waals surface area contributed by atoms with Gasteiger partial charge in [-0.1, -0.05) is 69.3 Å². The van der Waals surface area contributed by atoms with Crippen molar-refractivity contribution < 1.29 is 4.79 Å². The molecule has 2 aromatic carbocycles. The molecule has 2 aliphatic rings. The Morgan fingerprint density at radius 2 is 1.68 bits per heavy atom. The molecule has 5 rings (SSSR count). The van der Waals surface area contributed by atoms with Gasteiger partial charge in [-0.3, -0.25) is 4.79 Å². The summed E-state index contributed by atoms with van der Waals surface area (Å²) in [6.07, 6.45) is 2.37. The fourth-order valence-electron chi connectivity index (χ4n) is 6.20. The molecule has 0 spiro atoms. The van der Waals surface area contributed by atoms with Crippen molar-refractivity contribution in [1.82, 2.24) is 9.78 Å². The van der Waals surface area contributed by atoms with E-state index in [1.165, 1.54) is 5.56 Å². The number of hydrogen-bond acceptors (Lipinski definition) is 3. The number of benzene rings is 2. The van der Waals surface area contributed by atoms with Crippen molar-refractivity contribution in [3.8, 4) is 23.0 Å². The second kappa shape index (κ2) is 6.92. The predicted octanol–water partition coefficient (Wildman–Crippen LogP) is 5.50. The van der Waals surface area contributed by atoms with Crippen molar-refractivity contribution in [3.63, 3.8) is 0 Å². The zero-order chi connectivity index (χ0) is 21.8. The first-order chi connectivity index (χ1) is 14.9. The van der Waals surface area contributed by atoms with Crippen LogP contribution in [0, 0.1) is 28.6 Å². The minimum atomic E-state index is -0.579. The highest BCUT2D eigenvalue weighted by Gasteiger charge is 2.58. The van der Waals surface area contributed by atoms with Gasteiger partial charge in [-0.15, -0.1) is 0 Å². The van der Waals surface area contributed by atoms with Crippen LogP contribution >= 0.6 is 0 Å². The minimum absolute atomic E-state index is 0.0895. The summed E-state index contributed by atoms with van der Waals surface area (Å²) >= 11 is 0. The van der Waals surface area contributed by atoms with E-state index >= 15 is 0 Å². The molecule has 1 aromatic heterocycles. The first kappa shape index (κ1) is 19.8. The van der Waals surface area contributed by atoms with Crippen LogP contribution in [0.3, 0.4) is 0 Å². The lowest BCUT2D eigenvalue weighted by atomic mass is 9.49. The summed E-state index contributed by atoms with van der Waals surface area (Å²) in [5, 5.41) is 15.0. The number of fused-ring (bicyclic) bond motifs is 3. The van der Waals surface area contributed by atoms with E-state index in [9.17, 15) is 10.1 Å². The maximum atomic E-state index is 13.1. The number of carbonyl (C=O) groups excluding carboxylic acids is 1. The lowest BCUT2D eigenvalue weighted by Crippen LogP contribution is -2.55. The summed E-state index contributed by atoms with van der Waals surface area (Å²) in [6.45, 7) is 6.28. The lowest BCUT2D eigenvalue weighted by Gasteiger charge is -2.52. The molecule has 0 bridgehead atoms. The maximum absolute atomic E-state index is 13.1. The Morgan fingerprint density at radius 1 is 1.03 bits per heavy atom. The quantitative estimate of drug-likeness (QED) is 0.562. The molecule has 0 amide bonds. The summed E-state index contributed by atoms with van der Waals surface area (Å²) in [5.41, 5.74) is 4.78. The highest BCUT2D eigenvalue weighted by molar-refractivity contribution is 5.90. The maximum Gasteiger partial charge on any atom is 0.155 e. The van der Waals surface area contributed by atoms with Crippen molar-refractivity contribution in [2.24, 2.45) is 17.3 Å². The Labute approximate surface area is 183 Å². The summed E-state index contributed by atoms with van der Waals surface area (Å²) < 4.78 is 2.07. The molecule has 0 saturated heterocycles. The SMILES string of the molecule is CC1(C)C(=O)C(C#N)C[C@]2(C)c3nn(-c4ccccc4)c(-c4ccccc4)c3CC[C@@H]12. The highest BCUT2D eigenvalue weighted by atomic mass is 16.1. The normalized spacial score (nSPS) is 26.6. The topological polar surface area (TPSA) is 58.7 Å². The molecule has 0 radical (unpaired) electrons. The number of nitrogens with zero attached hydrogens (tertiary/aromatic N) is 3. The van der Waals surface area contributed by atoms with Gasteiger partial charge in [-0.2, -0.15) is 10.4 Å². The molecule has 2 aliphatic carbocycles. The average Bonchev–Trinajstić information content (AvgIpc) is 3.18. The highest BCUT2D eigenvalue weighted by Crippen LogP contribution is 2.57. The largest absolute Gasteiger partial charge is 0.298 e. The minimum Gasteiger partial charge on any atom is -0.298 e. The van der Waals surface area contributed by atoms with Crippen molar-refractivity contribution in [1.29, 1.82) is 5.26 Å². The standard InChI is InChI=1S/C27H27N3O/c1-26(2)22-15-14-21-23(18-10-6-4-7-11-18)30(20-12-8-5-9-13-20)29-24(21)27(22,3)16-19(17-28)25(26)31/h4-13,19,22H,14-16H2,1-3H3/t19?,22-,27-/m0/s1. The first-order valence-corrected chi connectivity index (χ1v) is 11.0. The van der Waals surface area contributed by atoms with Crippen LogP contribution in [0.15, 0.2) is 60.7 Å². The summed E-state index contributed by atoms with van der Waals surface area (Å²) in [5.74, 6) is -0.316. The Kier molecular flexibility index (Phi) is 4.41. The van der Waals surface area contributed by atoms with Gasteiger partial charge in [0.15, 0.2) is 5.78 Å². The molecule has 3 atom stereocenters. The molecule has 3 aromatic rings. The van der Waals surface area contributed by atoms with Crippen LogP contribution in [0.5, 0.6) is 0 Å². The van der Waals surface area contributed by atoms with Crippen molar-refractivity contribution in [2.45, 2.75) is 45.4 Å². The van der Waals surface area contributed by atoms with Crippen molar-refractivity contribution in [2.75, 3.05) is 0 Å². The number of para-hydroxylation sites is 1. The Hall–Kier alpha value is -3.19. The molecule has 0 N–H and O–H groups in total. The Morgan fingerprint density at radius 3 is 2.32 bits per heavy atom. The van der Waals surface area contributed by atoms with Crippen LogP contribution in [0.4, 0.5) is 0 Å². The lowest BCUT2D eigenvalue weighted by molar-refractivity contribution is -0.140. The van der Waals surface area contributed by atoms with E-state index in [0.29, 0.717) is 6.42 Å². The van der Waals surface area contributed by atoms with Crippen LogP contribution in [-0.4, -0.2) is 15.6 Å². The Bertz CT molecular complexity index is 1190. The predicted molar refractivity (Wildman–Crippen MR) is 121 cm³/mol. The fraction of sp³-hybridized carbons (Fsp3) is 0.370. The molecule has 4 nitrogen and oxygen atoms in total. The summed E-state index contributed by atoms with van der Waals surface area (Å²) in [4.78, 5) is 13.1. The van der Waals surface area contributed by atoms with Gasteiger partial charge in [0.05, 0.1) is 23.1 Å². The third-order valence-electron chi connectivity index (χ3n) is 7.63. The van der Waals surface area contributed by atoms with Crippen LogP contribution in [-0.2, 0) is 16.6 Å². The van der Waals surface area contributed by atoms with Gasteiger partial charge in [0.25, 0.3) is 0 Å². The second-order valence-corrected chi connectivity index (χ2v) is 9.77. The smallest absolute Gasteiger partial charge is 0.155 e. The zero-order valence-electron chi connectivity index (χ0n) is 18.3. The van der Waals surface area contributed by atoms with Gasteiger partial charge < -0.3 is 0 Å². The number of carbonyl (C=O) groups is 1. The zero-order valence-corrected chi connectivity index (χ0v) is 18.3. The van der Waals surface area contributed by atoms with Crippen LogP contribution < -0.4 is 0 Å². The summed E-state index contributed by atoms with van der Waals surface area (Å²) in [6, 6.07) is 23.0. The molecule has 0 aliphatic heterocycles. The second-order valence-electron chi connectivity index (χ2n) is 9.77. The molecule has 1 fully saturated rings. The molecule has 1 saturated carbocycles. The van der Waals surface area contributed by atoms with Gasteiger partial charge in [-0.05, 0) is 37.3 Å². The number of ketones is 1. The van der Waals surface area contributed by atoms with Crippen LogP contribution in [0.2, 0.25) is 0 Å². The van der Waals surface area contributed by atoms with Crippen LogP contribution in [0.25, 0.3) is 16.9 Å². The number of nitriles is 1. The molecular weight excluding hydrogens is 382 g/mol. The molecular formula is C27H27N3O. The molecule has 156 valence electrons. The number of aromatic nitrogens is 2. The van der Waals surface area contributed by atoms with Gasteiger partial charge in [0.1, 0.15) is 5.92 Å². The van der Waals surface area contributed by atoms with Gasteiger partial charge in [0, 0.05) is 22.0 Å². The third kappa shape index (κ3) is 2.80. The molecule has 1 unspecified atom stereocenters. The van der Waals surface area contributed by atoms with Crippen molar-refractivity contribution in [3.05, 3.63) is 71.9 Å². The molecule has 4 heteroatoms. The third-order valence-corrected chi connectivity index (χ3v) is 7.63.